The maximum absolute atomic E-state index is 12.6. The monoisotopic (exact) mass is 461 g/mol. The van der Waals surface area contributed by atoms with E-state index in [0.29, 0.717) is 30.0 Å². The first-order valence-electron chi connectivity index (χ1n) is 11.0. The summed E-state index contributed by atoms with van der Waals surface area (Å²) in [6, 6.07) is 8.37. The molecule has 1 saturated carbocycles. The molecule has 3 aliphatic rings. The van der Waals surface area contributed by atoms with Gasteiger partial charge >= 0.3 is 0 Å². The Hall–Kier alpha value is -1.74. The molecule has 3 heterocycles. The molecule has 2 N–H and O–H groups in total. The fraction of sp³-hybridized carbons (Fsp3) is 0.545. The Kier molecular flexibility index (Phi) is 5.66. The fourth-order valence-electron chi connectivity index (χ4n) is 4.60. The number of benzene rings is 1. The summed E-state index contributed by atoms with van der Waals surface area (Å²) in [6.07, 6.45) is 3.54. The van der Waals surface area contributed by atoms with E-state index in [9.17, 15) is 9.66 Å². The predicted octanol–water partition coefficient (Wildman–Crippen LogP) is 2.84. The second-order valence-corrected chi connectivity index (χ2v) is 10.6. The van der Waals surface area contributed by atoms with Crippen LogP contribution in [0.4, 0.5) is 17.5 Å². The van der Waals surface area contributed by atoms with Crippen molar-refractivity contribution >= 4 is 40.2 Å². The van der Waals surface area contributed by atoms with Gasteiger partial charge in [0, 0.05) is 42.8 Å². The van der Waals surface area contributed by atoms with Crippen molar-refractivity contribution in [3.63, 3.8) is 0 Å². The van der Waals surface area contributed by atoms with Crippen molar-refractivity contribution in [3.05, 3.63) is 35.0 Å². The zero-order chi connectivity index (χ0) is 21.6. The number of fused-ring (bicyclic) bond motifs is 1. The summed E-state index contributed by atoms with van der Waals surface area (Å²) < 4.78 is 12.6. The van der Waals surface area contributed by atoms with Crippen LogP contribution in [0.2, 0.25) is 5.02 Å². The van der Waals surface area contributed by atoms with Crippen LogP contribution >= 0.6 is 11.6 Å². The van der Waals surface area contributed by atoms with Crippen molar-refractivity contribution in [1.82, 2.24) is 9.97 Å². The molecule has 31 heavy (non-hydrogen) atoms. The number of rotatable bonds is 7. The molecule has 5 rings (SSSR count). The van der Waals surface area contributed by atoms with Crippen LogP contribution in [0.1, 0.15) is 31.9 Å². The summed E-state index contributed by atoms with van der Waals surface area (Å²) in [5, 5.41) is 13.9. The lowest BCUT2D eigenvalue weighted by molar-refractivity contribution is 0.265. The zero-order valence-electron chi connectivity index (χ0n) is 17.7. The van der Waals surface area contributed by atoms with Crippen LogP contribution in [0, 0.1) is 0 Å². The fourth-order valence-corrected chi connectivity index (χ4v) is 6.03. The van der Waals surface area contributed by atoms with Crippen molar-refractivity contribution in [1.29, 1.82) is 0 Å². The molecule has 1 aromatic heterocycles. The van der Waals surface area contributed by atoms with Crippen LogP contribution in [0.25, 0.3) is 0 Å². The number of nitrogens with one attached hydrogen (secondary N) is 1. The van der Waals surface area contributed by atoms with Gasteiger partial charge in [0.25, 0.3) is 0 Å². The van der Waals surface area contributed by atoms with E-state index in [4.69, 9.17) is 21.6 Å². The van der Waals surface area contributed by atoms with Gasteiger partial charge in [-0.25, -0.2) is 4.98 Å². The van der Waals surface area contributed by atoms with Gasteiger partial charge in [-0.3, -0.25) is 0 Å². The number of aliphatic hydroxyl groups is 1. The third-order valence-electron chi connectivity index (χ3n) is 6.60. The van der Waals surface area contributed by atoms with Crippen LogP contribution in [0.15, 0.2) is 29.2 Å². The van der Waals surface area contributed by atoms with Gasteiger partial charge in [0.15, 0.2) is 5.82 Å². The lowest BCUT2D eigenvalue weighted by Crippen LogP contribution is -2.38. The Balaban J connectivity index is 1.39. The molecule has 7 nitrogen and oxygen atoms in total. The summed E-state index contributed by atoms with van der Waals surface area (Å²) >= 11 is 4.99. The molecule has 0 radical (unpaired) electrons. The van der Waals surface area contributed by atoms with Crippen LogP contribution < -0.4 is 15.1 Å². The molecule has 166 valence electrons. The van der Waals surface area contributed by atoms with Crippen LogP contribution in [-0.4, -0.2) is 63.2 Å². The minimum absolute atomic E-state index is 0.0616. The summed E-state index contributed by atoms with van der Waals surface area (Å²) in [7, 11) is 0. The van der Waals surface area contributed by atoms with Crippen LogP contribution in [0.5, 0.6) is 0 Å². The highest BCUT2D eigenvalue weighted by Crippen LogP contribution is 2.41. The van der Waals surface area contributed by atoms with Crippen molar-refractivity contribution in [3.8, 4) is 0 Å². The molecular formula is C22H28ClN5O2S. The van der Waals surface area contributed by atoms with E-state index >= 15 is 0 Å². The lowest BCUT2D eigenvalue weighted by Gasteiger charge is -2.30. The Morgan fingerprint density at radius 3 is 2.77 bits per heavy atom. The average molecular weight is 462 g/mol. The van der Waals surface area contributed by atoms with E-state index in [1.54, 1.807) is 0 Å². The molecule has 2 atom stereocenters. The molecule has 9 heteroatoms. The average Bonchev–Trinajstić information content (AvgIpc) is 3.19. The van der Waals surface area contributed by atoms with Gasteiger partial charge in [-0.1, -0.05) is 11.6 Å². The number of hydrogen-bond donors (Lipinski definition) is 2. The normalized spacial score (nSPS) is 23.7. The molecule has 1 aromatic carbocycles. The van der Waals surface area contributed by atoms with Crippen LogP contribution in [0.3, 0.4) is 0 Å². The largest absolute Gasteiger partial charge is 0.611 e. The first-order valence-corrected chi connectivity index (χ1v) is 12.7. The van der Waals surface area contributed by atoms with E-state index in [2.05, 4.69) is 34.2 Å². The third-order valence-corrected chi connectivity index (χ3v) is 8.31. The molecule has 2 aromatic rings. The maximum atomic E-state index is 12.6. The standard InChI is InChI=1S/C22H28ClN5O2S/c1-2-28(16-5-3-15(23)4-6-16)17-7-11-27(13-17)21-24-18-8-12-31(30)19(18)20(25-21)26-22(14-29)9-10-22/h3-6,17,29H,2,7-14H2,1H3,(H,24,25,26)/t17-,31?/m1/s1. The Morgan fingerprint density at radius 2 is 2.10 bits per heavy atom. The van der Waals surface area contributed by atoms with Crippen molar-refractivity contribution in [2.24, 2.45) is 0 Å². The van der Waals surface area contributed by atoms with E-state index in [1.165, 1.54) is 5.69 Å². The van der Waals surface area contributed by atoms with Crippen molar-refractivity contribution < 1.29 is 9.66 Å². The first-order chi connectivity index (χ1) is 15.0. The molecule has 1 saturated heterocycles. The lowest BCUT2D eigenvalue weighted by atomic mass is 10.2. The number of aryl methyl sites for hydroxylation is 1. The Labute approximate surface area is 191 Å². The van der Waals surface area contributed by atoms with Gasteiger partial charge in [0.05, 0.1) is 12.1 Å². The van der Waals surface area contributed by atoms with Crippen molar-refractivity contribution in [2.45, 2.75) is 49.1 Å². The first kappa shape index (κ1) is 21.1. The number of aromatic nitrogens is 2. The highest BCUT2D eigenvalue weighted by atomic mass is 35.5. The van der Waals surface area contributed by atoms with E-state index < -0.39 is 11.2 Å². The number of hydrogen-bond acceptors (Lipinski definition) is 7. The van der Waals surface area contributed by atoms with Gasteiger partial charge in [0.1, 0.15) is 11.4 Å². The SMILES string of the molecule is CCN(c1ccc(Cl)cc1)[C@@H]1CCN(c2nc3c(c(NC4(CO)CC4)n2)[S+]([O-])CC3)C1. The summed E-state index contributed by atoms with van der Waals surface area (Å²) in [5.74, 6) is 1.94. The topological polar surface area (TPSA) is 87.6 Å². The molecule has 1 aliphatic carbocycles. The van der Waals surface area contributed by atoms with E-state index in [-0.39, 0.29) is 12.1 Å². The van der Waals surface area contributed by atoms with E-state index in [1.807, 2.05) is 12.1 Å². The number of halogens is 1. The molecule has 2 fully saturated rings. The number of anilines is 3. The minimum Gasteiger partial charge on any atom is -0.611 e. The third kappa shape index (κ3) is 4.06. The summed E-state index contributed by atoms with van der Waals surface area (Å²) in [4.78, 5) is 15.0. The maximum Gasteiger partial charge on any atom is 0.227 e. The molecule has 0 bridgehead atoms. The Morgan fingerprint density at radius 1 is 1.32 bits per heavy atom. The minimum atomic E-state index is -1.08. The van der Waals surface area contributed by atoms with Gasteiger partial charge in [-0.15, -0.1) is 0 Å². The second-order valence-electron chi connectivity index (χ2n) is 8.66. The van der Waals surface area contributed by atoms with Gasteiger partial charge in [-0.2, -0.15) is 4.98 Å². The number of likely N-dealkylation sites (N-methyl/N-ethyl adjacent to an activating group) is 1. The molecule has 0 spiro atoms. The molecule has 2 aliphatic heterocycles. The molecular weight excluding hydrogens is 434 g/mol. The van der Waals surface area contributed by atoms with Gasteiger partial charge in [0.2, 0.25) is 10.8 Å². The highest BCUT2D eigenvalue weighted by Gasteiger charge is 2.45. The van der Waals surface area contributed by atoms with E-state index in [0.717, 1.165) is 54.5 Å². The Bertz CT molecular complexity index is 956. The number of nitrogens with zero attached hydrogens (tertiary/aromatic N) is 4. The zero-order valence-corrected chi connectivity index (χ0v) is 19.3. The summed E-state index contributed by atoms with van der Waals surface area (Å²) in [5.41, 5.74) is 1.74. The van der Waals surface area contributed by atoms with Crippen molar-refractivity contribution in [2.75, 3.05) is 47.1 Å². The quantitative estimate of drug-likeness (QED) is 0.613. The van der Waals surface area contributed by atoms with Gasteiger partial charge in [-0.05, 0) is 61.6 Å². The second kappa shape index (κ2) is 8.31. The highest BCUT2D eigenvalue weighted by molar-refractivity contribution is 7.91. The van der Waals surface area contributed by atoms with Gasteiger partial charge < -0.3 is 24.8 Å². The smallest absolute Gasteiger partial charge is 0.227 e. The molecule has 0 amide bonds. The number of aliphatic hydroxyl groups excluding tert-OH is 1. The van der Waals surface area contributed by atoms with Crippen LogP contribution in [-0.2, 0) is 17.6 Å². The predicted molar refractivity (Wildman–Crippen MR) is 125 cm³/mol. The summed E-state index contributed by atoms with van der Waals surface area (Å²) in [6.45, 7) is 4.86. The molecule has 1 unspecified atom stereocenters.